The van der Waals surface area contributed by atoms with Crippen molar-refractivity contribution in [1.29, 1.82) is 0 Å². The molecule has 1 saturated heterocycles. The van der Waals surface area contributed by atoms with Gasteiger partial charge in [0.2, 0.25) is 10.0 Å². The Morgan fingerprint density at radius 2 is 1.77 bits per heavy atom. The zero-order valence-electron chi connectivity index (χ0n) is 18.5. The first kappa shape index (κ1) is 23.2. The van der Waals surface area contributed by atoms with Crippen molar-refractivity contribution >= 4 is 15.9 Å². The van der Waals surface area contributed by atoms with Crippen LogP contribution in [0.15, 0.2) is 47.4 Å². The topological polar surface area (TPSA) is 76.2 Å². The first-order valence-corrected chi connectivity index (χ1v) is 11.8. The van der Waals surface area contributed by atoms with Crippen LogP contribution in [0.4, 0.5) is 0 Å². The van der Waals surface area contributed by atoms with Gasteiger partial charge in [0.1, 0.15) is 5.75 Å². The lowest BCUT2D eigenvalue weighted by Crippen LogP contribution is -2.40. The molecule has 0 spiro atoms. The van der Waals surface area contributed by atoms with E-state index in [0.717, 1.165) is 5.56 Å². The fourth-order valence-corrected chi connectivity index (χ4v) is 4.67. The van der Waals surface area contributed by atoms with E-state index in [4.69, 9.17) is 9.47 Å². The molecule has 0 aliphatic carbocycles. The van der Waals surface area contributed by atoms with Crippen LogP contribution >= 0.6 is 0 Å². The lowest BCUT2D eigenvalue weighted by molar-refractivity contribution is 0.0300. The number of carbonyl (C=O) groups excluding carboxylic acids is 1. The summed E-state index contributed by atoms with van der Waals surface area (Å²) in [6.07, 6.45) is 0. The molecule has 31 heavy (non-hydrogen) atoms. The van der Waals surface area contributed by atoms with Crippen molar-refractivity contribution < 1.29 is 22.7 Å². The van der Waals surface area contributed by atoms with Crippen LogP contribution in [-0.4, -0.2) is 64.0 Å². The SMILES string of the molecule is COc1ccc(S(=O)(=O)N(C)Cc2ccc(C(C)C)cc2)cc1C(=O)N1CCOCC1. The van der Waals surface area contributed by atoms with Gasteiger partial charge < -0.3 is 14.4 Å². The van der Waals surface area contributed by atoms with Crippen molar-refractivity contribution in [3.05, 3.63) is 59.2 Å². The van der Waals surface area contributed by atoms with E-state index in [1.165, 1.54) is 35.2 Å². The predicted molar refractivity (Wildman–Crippen MR) is 119 cm³/mol. The lowest BCUT2D eigenvalue weighted by Gasteiger charge is -2.27. The molecule has 1 heterocycles. The third-order valence-electron chi connectivity index (χ3n) is 5.46. The Morgan fingerprint density at radius 1 is 1.13 bits per heavy atom. The van der Waals surface area contributed by atoms with E-state index in [9.17, 15) is 13.2 Å². The molecular formula is C23H30N2O5S. The smallest absolute Gasteiger partial charge is 0.257 e. The van der Waals surface area contributed by atoms with Gasteiger partial charge in [0.25, 0.3) is 5.91 Å². The van der Waals surface area contributed by atoms with Crippen LogP contribution in [-0.2, 0) is 21.3 Å². The number of carbonyl (C=O) groups is 1. The molecule has 7 nitrogen and oxygen atoms in total. The maximum atomic E-state index is 13.2. The highest BCUT2D eigenvalue weighted by Gasteiger charge is 2.27. The van der Waals surface area contributed by atoms with Gasteiger partial charge in [0.05, 0.1) is 30.8 Å². The van der Waals surface area contributed by atoms with Gasteiger partial charge in [0, 0.05) is 26.7 Å². The fourth-order valence-electron chi connectivity index (χ4n) is 3.48. The summed E-state index contributed by atoms with van der Waals surface area (Å²) in [7, 11) is -0.787. The molecule has 1 fully saturated rings. The molecule has 1 aliphatic heterocycles. The third-order valence-corrected chi connectivity index (χ3v) is 7.26. The number of amides is 1. The van der Waals surface area contributed by atoms with Crippen molar-refractivity contribution in [2.24, 2.45) is 0 Å². The second kappa shape index (κ2) is 9.80. The summed E-state index contributed by atoms with van der Waals surface area (Å²) < 4.78 is 38.3. The summed E-state index contributed by atoms with van der Waals surface area (Å²) in [6.45, 7) is 6.32. The molecule has 0 atom stereocenters. The van der Waals surface area contributed by atoms with E-state index in [2.05, 4.69) is 13.8 Å². The summed E-state index contributed by atoms with van der Waals surface area (Å²) >= 11 is 0. The highest BCUT2D eigenvalue weighted by Crippen LogP contribution is 2.26. The second-order valence-corrected chi connectivity index (χ2v) is 9.97. The van der Waals surface area contributed by atoms with Crippen LogP contribution in [0, 0.1) is 0 Å². The predicted octanol–water partition coefficient (Wildman–Crippen LogP) is 3.11. The van der Waals surface area contributed by atoms with Gasteiger partial charge in [-0.1, -0.05) is 38.1 Å². The Bertz CT molecular complexity index is 1010. The minimum atomic E-state index is -3.79. The molecule has 8 heteroatoms. The molecule has 0 aromatic heterocycles. The fraction of sp³-hybridized carbons (Fsp3) is 0.435. The third kappa shape index (κ3) is 5.26. The van der Waals surface area contributed by atoms with Crippen LogP contribution in [0.25, 0.3) is 0 Å². The van der Waals surface area contributed by atoms with Gasteiger partial charge >= 0.3 is 0 Å². The first-order valence-electron chi connectivity index (χ1n) is 10.3. The molecular weight excluding hydrogens is 416 g/mol. The van der Waals surface area contributed by atoms with E-state index in [0.29, 0.717) is 38.0 Å². The highest BCUT2D eigenvalue weighted by molar-refractivity contribution is 7.89. The van der Waals surface area contributed by atoms with Gasteiger partial charge in [-0.15, -0.1) is 0 Å². The number of sulfonamides is 1. The number of morpholine rings is 1. The zero-order valence-corrected chi connectivity index (χ0v) is 19.3. The van der Waals surface area contributed by atoms with E-state index in [1.807, 2.05) is 24.3 Å². The summed E-state index contributed by atoms with van der Waals surface area (Å²) in [6, 6.07) is 12.4. The van der Waals surface area contributed by atoms with Crippen LogP contribution in [0.5, 0.6) is 5.75 Å². The number of methoxy groups -OCH3 is 1. The van der Waals surface area contributed by atoms with Gasteiger partial charge in [-0.25, -0.2) is 8.42 Å². The van der Waals surface area contributed by atoms with Crippen molar-refractivity contribution in [2.45, 2.75) is 31.2 Å². The number of nitrogens with zero attached hydrogens (tertiary/aromatic N) is 2. The van der Waals surface area contributed by atoms with E-state index in [-0.39, 0.29) is 22.9 Å². The zero-order chi connectivity index (χ0) is 22.6. The average molecular weight is 447 g/mol. The Morgan fingerprint density at radius 3 is 2.35 bits per heavy atom. The van der Waals surface area contributed by atoms with Crippen LogP contribution in [0.1, 0.15) is 41.3 Å². The molecule has 1 aliphatic rings. The van der Waals surface area contributed by atoms with Gasteiger partial charge in [0.15, 0.2) is 0 Å². The van der Waals surface area contributed by atoms with Crippen LogP contribution in [0.2, 0.25) is 0 Å². The Hall–Kier alpha value is -2.42. The maximum Gasteiger partial charge on any atom is 0.257 e. The molecule has 168 valence electrons. The molecule has 0 radical (unpaired) electrons. The van der Waals surface area contributed by atoms with Crippen molar-refractivity contribution in [1.82, 2.24) is 9.21 Å². The van der Waals surface area contributed by atoms with Gasteiger partial charge in [-0.3, -0.25) is 4.79 Å². The van der Waals surface area contributed by atoms with E-state index < -0.39 is 10.0 Å². The quantitative estimate of drug-likeness (QED) is 0.653. The van der Waals surface area contributed by atoms with Crippen LogP contribution < -0.4 is 4.74 Å². The molecule has 2 aromatic carbocycles. The van der Waals surface area contributed by atoms with E-state index >= 15 is 0 Å². The molecule has 0 saturated carbocycles. The average Bonchev–Trinajstić information content (AvgIpc) is 2.79. The summed E-state index contributed by atoms with van der Waals surface area (Å²) in [5.74, 6) is 0.503. The monoisotopic (exact) mass is 446 g/mol. The van der Waals surface area contributed by atoms with Gasteiger partial charge in [-0.2, -0.15) is 4.31 Å². The standard InChI is InChI=1S/C23H30N2O5S/c1-17(2)19-7-5-18(6-8-19)16-24(3)31(27,28)20-9-10-22(29-4)21(15-20)23(26)25-11-13-30-14-12-25/h5-10,15,17H,11-14,16H2,1-4H3. The summed E-state index contributed by atoms with van der Waals surface area (Å²) in [5, 5.41) is 0. The number of rotatable bonds is 7. The highest BCUT2D eigenvalue weighted by atomic mass is 32.2. The molecule has 3 rings (SSSR count). The molecule has 2 aromatic rings. The largest absolute Gasteiger partial charge is 0.496 e. The number of hydrogen-bond donors (Lipinski definition) is 0. The summed E-state index contributed by atoms with van der Waals surface area (Å²) in [4.78, 5) is 14.7. The molecule has 1 amide bonds. The van der Waals surface area contributed by atoms with Crippen molar-refractivity contribution in [3.63, 3.8) is 0 Å². The van der Waals surface area contributed by atoms with Crippen LogP contribution in [0.3, 0.4) is 0 Å². The van der Waals surface area contributed by atoms with Crippen molar-refractivity contribution in [3.8, 4) is 5.75 Å². The molecule has 0 unspecified atom stereocenters. The summed E-state index contributed by atoms with van der Waals surface area (Å²) in [5.41, 5.74) is 2.34. The Balaban J connectivity index is 1.85. The maximum absolute atomic E-state index is 13.2. The van der Waals surface area contributed by atoms with E-state index in [1.54, 1.807) is 11.9 Å². The lowest BCUT2D eigenvalue weighted by atomic mass is 10.0. The van der Waals surface area contributed by atoms with Gasteiger partial charge in [-0.05, 0) is 35.2 Å². The molecule has 0 N–H and O–H groups in total. The normalized spacial score (nSPS) is 14.8. The molecule has 0 bridgehead atoms. The minimum absolute atomic E-state index is 0.0613. The minimum Gasteiger partial charge on any atom is -0.496 e. The number of benzene rings is 2. The van der Waals surface area contributed by atoms with Crippen molar-refractivity contribution in [2.75, 3.05) is 40.5 Å². The number of ether oxygens (including phenoxy) is 2. The Labute approximate surface area is 184 Å². The number of hydrogen-bond acceptors (Lipinski definition) is 5. The Kier molecular flexibility index (Phi) is 7.35. The first-order chi connectivity index (χ1) is 14.7. The second-order valence-electron chi connectivity index (χ2n) is 7.92.